The number of ether oxygens (including phenoxy) is 2. The summed E-state index contributed by atoms with van der Waals surface area (Å²) in [6.45, 7) is 0.403. The zero-order valence-electron chi connectivity index (χ0n) is 17.9. The number of methoxy groups -OCH3 is 1. The van der Waals surface area contributed by atoms with Gasteiger partial charge in [0, 0.05) is 16.5 Å². The largest absolute Gasteiger partial charge is 0.506 e. The van der Waals surface area contributed by atoms with Gasteiger partial charge in [0.2, 0.25) is 0 Å². The molecule has 2 aromatic heterocycles. The number of aromatic hydroxyl groups is 1. The number of rotatable bonds is 6. The SMILES string of the molecule is COc1ccc(OCc2ccccc2)c(-c2csc3[nH]c(=O)c(-c4ccccc4)c(O)c23)c1. The normalized spacial score (nSPS) is 10.9. The molecule has 0 radical (unpaired) electrons. The lowest BCUT2D eigenvalue weighted by Gasteiger charge is -2.14. The van der Waals surface area contributed by atoms with Gasteiger partial charge >= 0.3 is 0 Å². The van der Waals surface area contributed by atoms with Gasteiger partial charge in [-0.25, -0.2) is 0 Å². The molecule has 5 aromatic rings. The summed E-state index contributed by atoms with van der Waals surface area (Å²) in [7, 11) is 1.61. The maximum absolute atomic E-state index is 12.8. The molecule has 164 valence electrons. The molecule has 0 saturated heterocycles. The quantitative estimate of drug-likeness (QED) is 0.319. The average molecular weight is 456 g/mol. The third kappa shape index (κ3) is 3.97. The van der Waals surface area contributed by atoms with Crippen molar-refractivity contribution in [2.45, 2.75) is 6.61 Å². The molecule has 0 fully saturated rings. The Morgan fingerprint density at radius 2 is 1.67 bits per heavy atom. The van der Waals surface area contributed by atoms with Crippen LogP contribution in [-0.4, -0.2) is 17.2 Å². The molecule has 0 aliphatic rings. The molecular weight excluding hydrogens is 434 g/mol. The monoisotopic (exact) mass is 455 g/mol. The Morgan fingerprint density at radius 1 is 0.939 bits per heavy atom. The van der Waals surface area contributed by atoms with Gasteiger partial charge in [0.05, 0.1) is 18.1 Å². The van der Waals surface area contributed by atoms with Crippen molar-refractivity contribution in [3.63, 3.8) is 0 Å². The second kappa shape index (κ2) is 8.84. The van der Waals surface area contributed by atoms with Crippen LogP contribution in [0.15, 0.2) is 89.0 Å². The Kier molecular flexibility index (Phi) is 5.59. The summed E-state index contributed by atoms with van der Waals surface area (Å²) >= 11 is 1.37. The number of hydrogen-bond acceptors (Lipinski definition) is 5. The second-order valence-electron chi connectivity index (χ2n) is 7.53. The highest BCUT2D eigenvalue weighted by atomic mass is 32.1. The zero-order chi connectivity index (χ0) is 22.8. The standard InChI is InChI=1S/C27H21NO4S/c1-31-19-12-13-22(32-15-17-8-4-2-5-9-17)20(14-19)21-16-33-27-24(21)25(29)23(26(30)28-27)18-10-6-3-7-11-18/h2-14,16H,15H2,1H3,(H2,28,29,30). The van der Waals surface area contributed by atoms with Crippen molar-refractivity contribution in [2.24, 2.45) is 0 Å². The fourth-order valence-electron chi connectivity index (χ4n) is 3.86. The number of H-pyrrole nitrogens is 1. The van der Waals surface area contributed by atoms with E-state index in [0.29, 0.717) is 33.9 Å². The summed E-state index contributed by atoms with van der Waals surface area (Å²) in [6, 6.07) is 24.7. The van der Waals surface area contributed by atoms with E-state index < -0.39 is 0 Å². The molecule has 0 spiro atoms. The molecular formula is C27H21NO4S. The van der Waals surface area contributed by atoms with Crippen LogP contribution < -0.4 is 15.0 Å². The van der Waals surface area contributed by atoms with Crippen LogP contribution in [0.1, 0.15) is 5.56 Å². The Bertz CT molecular complexity index is 1470. The van der Waals surface area contributed by atoms with Crippen molar-refractivity contribution in [2.75, 3.05) is 7.11 Å². The molecule has 2 N–H and O–H groups in total. The molecule has 2 heterocycles. The molecule has 0 bridgehead atoms. The van der Waals surface area contributed by atoms with Crippen molar-refractivity contribution in [3.05, 3.63) is 100 Å². The molecule has 5 rings (SSSR count). The van der Waals surface area contributed by atoms with Gasteiger partial charge in [0.1, 0.15) is 28.7 Å². The maximum atomic E-state index is 12.8. The van der Waals surface area contributed by atoms with E-state index in [-0.39, 0.29) is 16.9 Å². The summed E-state index contributed by atoms with van der Waals surface area (Å²) < 4.78 is 11.6. The fourth-order valence-corrected chi connectivity index (χ4v) is 4.82. The Morgan fingerprint density at radius 3 is 2.39 bits per heavy atom. The lowest BCUT2D eigenvalue weighted by atomic mass is 10.00. The van der Waals surface area contributed by atoms with Crippen molar-refractivity contribution in [3.8, 4) is 39.5 Å². The maximum Gasteiger partial charge on any atom is 0.260 e. The summed E-state index contributed by atoms with van der Waals surface area (Å²) in [5, 5.41) is 13.8. The molecule has 6 heteroatoms. The lowest BCUT2D eigenvalue weighted by molar-refractivity contribution is 0.307. The highest BCUT2D eigenvalue weighted by Crippen LogP contribution is 2.45. The zero-order valence-corrected chi connectivity index (χ0v) is 18.7. The summed E-state index contributed by atoms with van der Waals surface area (Å²) in [4.78, 5) is 16.3. The van der Waals surface area contributed by atoms with Crippen LogP contribution >= 0.6 is 11.3 Å². The van der Waals surface area contributed by atoms with Gasteiger partial charge in [-0.05, 0) is 29.3 Å². The smallest absolute Gasteiger partial charge is 0.260 e. The molecule has 0 atom stereocenters. The number of aromatic amines is 1. The first-order chi connectivity index (χ1) is 16.2. The molecule has 0 saturated carbocycles. The molecule has 3 aromatic carbocycles. The minimum atomic E-state index is -0.328. The minimum Gasteiger partial charge on any atom is -0.506 e. The molecule has 0 aliphatic heterocycles. The molecule has 0 unspecified atom stereocenters. The van der Waals surface area contributed by atoms with Crippen LogP contribution in [0.3, 0.4) is 0 Å². The third-order valence-electron chi connectivity index (χ3n) is 5.50. The number of pyridine rings is 1. The van der Waals surface area contributed by atoms with Gasteiger partial charge in [0.15, 0.2) is 0 Å². The third-order valence-corrected chi connectivity index (χ3v) is 6.39. The number of hydrogen-bond donors (Lipinski definition) is 2. The highest BCUT2D eigenvalue weighted by molar-refractivity contribution is 7.17. The van der Waals surface area contributed by atoms with E-state index in [2.05, 4.69) is 4.98 Å². The van der Waals surface area contributed by atoms with E-state index in [9.17, 15) is 9.90 Å². The van der Waals surface area contributed by atoms with Crippen molar-refractivity contribution >= 4 is 21.6 Å². The molecule has 0 aliphatic carbocycles. The van der Waals surface area contributed by atoms with Crippen LogP contribution in [0.2, 0.25) is 0 Å². The lowest BCUT2D eigenvalue weighted by Crippen LogP contribution is -2.08. The Balaban J connectivity index is 1.66. The van der Waals surface area contributed by atoms with E-state index >= 15 is 0 Å². The van der Waals surface area contributed by atoms with Crippen LogP contribution in [0.25, 0.3) is 32.5 Å². The number of benzene rings is 3. The topological polar surface area (TPSA) is 71.5 Å². The van der Waals surface area contributed by atoms with E-state index in [1.165, 1.54) is 11.3 Å². The first kappa shape index (κ1) is 20.8. The Hall–Kier alpha value is -4.03. The molecule has 0 amide bonds. The predicted octanol–water partition coefficient (Wildman–Crippen LogP) is 6.22. The van der Waals surface area contributed by atoms with Gasteiger partial charge in [-0.1, -0.05) is 60.7 Å². The summed E-state index contributed by atoms with van der Waals surface area (Å²) in [5.74, 6) is 1.28. The highest BCUT2D eigenvalue weighted by Gasteiger charge is 2.21. The number of fused-ring (bicyclic) bond motifs is 1. The van der Waals surface area contributed by atoms with E-state index in [0.717, 1.165) is 16.7 Å². The Labute approximate surface area is 194 Å². The van der Waals surface area contributed by atoms with Crippen LogP contribution in [0, 0.1) is 0 Å². The first-order valence-corrected chi connectivity index (χ1v) is 11.3. The van der Waals surface area contributed by atoms with Gasteiger partial charge < -0.3 is 19.6 Å². The fraction of sp³-hybridized carbons (Fsp3) is 0.0741. The van der Waals surface area contributed by atoms with E-state index in [1.807, 2.05) is 84.2 Å². The van der Waals surface area contributed by atoms with Crippen LogP contribution in [-0.2, 0) is 6.61 Å². The molecule has 33 heavy (non-hydrogen) atoms. The van der Waals surface area contributed by atoms with Gasteiger partial charge in [0.25, 0.3) is 5.56 Å². The van der Waals surface area contributed by atoms with E-state index in [4.69, 9.17) is 9.47 Å². The minimum absolute atomic E-state index is 0.0481. The van der Waals surface area contributed by atoms with Crippen molar-refractivity contribution in [1.82, 2.24) is 4.98 Å². The van der Waals surface area contributed by atoms with Crippen molar-refractivity contribution < 1.29 is 14.6 Å². The summed E-state index contributed by atoms with van der Waals surface area (Å²) in [6.07, 6.45) is 0. The first-order valence-electron chi connectivity index (χ1n) is 10.4. The van der Waals surface area contributed by atoms with Gasteiger partial charge in [-0.15, -0.1) is 11.3 Å². The summed E-state index contributed by atoms with van der Waals surface area (Å²) in [5.41, 5.74) is 3.17. The number of thiophene rings is 1. The average Bonchev–Trinajstić information content (AvgIpc) is 3.28. The molecule has 5 nitrogen and oxygen atoms in total. The predicted molar refractivity (Wildman–Crippen MR) is 132 cm³/mol. The second-order valence-corrected chi connectivity index (χ2v) is 8.41. The van der Waals surface area contributed by atoms with Gasteiger partial charge in [-0.3, -0.25) is 4.79 Å². The number of aromatic nitrogens is 1. The van der Waals surface area contributed by atoms with Gasteiger partial charge in [-0.2, -0.15) is 0 Å². The van der Waals surface area contributed by atoms with Crippen LogP contribution in [0.5, 0.6) is 17.2 Å². The van der Waals surface area contributed by atoms with E-state index in [1.54, 1.807) is 7.11 Å². The van der Waals surface area contributed by atoms with Crippen molar-refractivity contribution in [1.29, 1.82) is 0 Å². The van der Waals surface area contributed by atoms with Crippen LogP contribution in [0.4, 0.5) is 0 Å². The number of nitrogens with one attached hydrogen (secondary N) is 1.